The van der Waals surface area contributed by atoms with E-state index in [0.29, 0.717) is 13.1 Å². The highest BCUT2D eigenvalue weighted by Gasteiger charge is 1.98. The van der Waals surface area contributed by atoms with Gasteiger partial charge in [-0.15, -0.1) is 0 Å². The lowest BCUT2D eigenvalue weighted by Gasteiger charge is -2.17. The van der Waals surface area contributed by atoms with Crippen LogP contribution in [0, 0.1) is 0 Å². The molecule has 0 saturated heterocycles. The third-order valence-corrected chi connectivity index (χ3v) is 2.22. The molecule has 1 aromatic carbocycles. The molecule has 0 atom stereocenters. The van der Waals surface area contributed by atoms with Gasteiger partial charge in [0.1, 0.15) is 0 Å². The highest BCUT2D eigenvalue weighted by atomic mass is 16.3. The molecule has 3 nitrogen and oxygen atoms in total. The Morgan fingerprint density at radius 3 is 2.53 bits per heavy atom. The first-order chi connectivity index (χ1) is 7.27. The van der Waals surface area contributed by atoms with Gasteiger partial charge in [-0.25, -0.2) is 0 Å². The van der Waals surface area contributed by atoms with Gasteiger partial charge in [-0.1, -0.05) is 24.3 Å². The van der Waals surface area contributed by atoms with Crippen molar-refractivity contribution in [2.45, 2.75) is 0 Å². The Kier molecular flexibility index (Phi) is 4.87. The van der Waals surface area contributed by atoms with Gasteiger partial charge in [-0.2, -0.15) is 0 Å². The average Bonchev–Trinajstić information content (AvgIpc) is 2.27. The summed E-state index contributed by atoms with van der Waals surface area (Å²) in [6.07, 6.45) is 3.92. The van der Waals surface area contributed by atoms with E-state index in [-0.39, 0.29) is 6.61 Å². The molecule has 0 unspecified atom stereocenters. The topological polar surface area (TPSA) is 49.5 Å². The fourth-order valence-corrected chi connectivity index (χ4v) is 1.32. The van der Waals surface area contributed by atoms with Crippen LogP contribution in [0.1, 0.15) is 5.56 Å². The van der Waals surface area contributed by atoms with Crippen LogP contribution in [0.5, 0.6) is 0 Å². The largest absolute Gasteiger partial charge is 0.395 e. The van der Waals surface area contributed by atoms with Crippen molar-refractivity contribution in [1.29, 1.82) is 0 Å². The predicted molar refractivity (Wildman–Crippen MR) is 64.9 cm³/mol. The van der Waals surface area contributed by atoms with Crippen LogP contribution in [0.25, 0.3) is 6.08 Å². The molecular formula is C12H18N2O. The molecule has 3 heteroatoms. The van der Waals surface area contributed by atoms with Crippen molar-refractivity contribution in [1.82, 2.24) is 0 Å². The van der Waals surface area contributed by atoms with Crippen molar-refractivity contribution in [3.8, 4) is 0 Å². The van der Waals surface area contributed by atoms with Gasteiger partial charge in [0, 0.05) is 25.8 Å². The van der Waals surface area contributed by atoms with E-state index < -0.39 is 0 Å². The molecule has 0 aliphatic carbocycles. The van der Waals surface area contributed by atoms with Crippen LogP contribution in [-0.4, -0.2) is 31.9 Å². The molecule has 82 valence electrons. The van der Waals surface area contributed by atoms with Crippen LogP contribution in [0.2, 0.25) is 0 Å². The Balaban J connectivity index is 2.67. The van der Waals surface area contributed by atoms with Gasteiger partial charge in [0.15, 0.2) is 0 Å². The van der Waals surface area contributed by atoms with E-state index in [4.69, 9.17) is 10.8 Å². The highest BCUT2D eigenvalue weighted by molar-refractivity contribution is 5.55. The summed E-state index contributed by atoms with van der Waals surface area (Å²) in [4.78, 5) is 2.01. The van der Waals surface area contributed by atoms with Gasteiger partial charge in [0.25, 0.3) is 0 Å². The van der Waals surface area contributed by atoms with Crippen LogP contribution >= 0.6 is 0 Å². The molecule has 3 N–H and O–H groups in total. The Labute approximate surface area is 90.8 Å². The van der Waals surface area contributed by atoms with Crippen LogP contribution < -0.4 is 10.6 Å². The average molecular weight is 206 g/mol. The lowest BCUT2D eigenvalue weighted by atomic mass is 10.2. The molecule has 0 spiro atoms. The van der Waals surface area contributed by atoms with Gasteiger partial charge in [0.2, 0.25) is 0 Å². The minimum Gasteiger partial charge on any atom is -0.395 e. The van der Waals surface area contributed by atoms with Crippen LogP contribution in [-0.2, 0) is 0 Å². The van der Waals surface area contributed by atoms with Crippen LogP contribution in [0.3, 0.4) is 0 Å². The Bertz CT molecular complexity index is 306. The lowest BCUT2D eigenvalue weighted by Crippen LogP contribution is -2.20. The van der Waals surface area contributed by atoms with E-state index in [1.54, 1.807) is 0 Å². The van der Waals surface area contributed by atoms with E-state index in [1.165, 1.54) is 0 Å². The minimum atomic E-state index is 0.172. The van der Waals surface area contributed by atoms with Gasteiger partial charge in [0.05, 0.1) is 6.61 Å². The fraction of sp³-hybridized carbons (Fsp3) is 0.333. The summed E-state index contributed by atoms with van der Waals surface area (Å²) in [6, 6.07) is 8.14. The molecule has 15 heavy (non-hydrogen) atoms. The summed E-state index contributed by atoms with van der Waals surface area (Å²) in [5.41, 5.74) is 7.62. The molecule has 0 aliphatic heterocycles. The number of hydrogen-bond acceptors (Lipinski definition) is 3. The first kappa shape index (κ1) is 11.8. The van der Waals surface area contributed by atoms with Crippen molar-refractivity contribution >= 4 is 11.8 Å². The molecule has 0 aromatic heterocycles. The van der Waals surface area contributed by atoms with Crippen molar-refractivity contribution < 1.29 is 5.11 Å². The molecule has 0 aliphatic rings. The predicted octanol–water partition coefficient (Wildman–Crippen LogP) is 1.09. The van der Waals surface area contributed by atoms with E-state index in [0.717, 1.165) is 11.3 Å². The maximum atomic E-state index is 8.80. The zero-order valence-electron chi connectivity index (χ0n) is 9.06. The van der Waals surface area contributed by atoms with Crippen molar-refractivity contribution in [2.75, 3.05) is 31.6 Å². The quantitative estimate of drug-likeness (QED) is 0.758. The monoisotopic (exact) mass is 206 g/mol. The number of aliphatic hydroxyl groups excluding tert-OH is 1. The Morgan fingerprint density at radius 2 is 2.00 bits per heavy atom. The maximum absolute atomic E-state index is 8.80. The number of benzene rings is 1. The molecule has 0 amide bonds. The van der Waals surface area contributed by atoms with E-state index >= 15 is 0 Å². The summed E-state index contributed by atoms with van der Waals surface area (Å²) in [5.74, 6) is 0. The number of rotatable bonds is 5. The zero-order valence-corrected chi connectivity index (χ0v) is 9.06. The minimum absolute atomic E-state index is 0.172. The Hall–Kier alpha value is -1.32. The molecule has 0 bridgehead atoms. The standard InChI is InChI=1S/C12H18N2O/c1-14(9-10-15)12-6-4-11(5-7-12)3-2-8-13/h2-7,15H,8-10,13H2,1H3. The van der Waals surface area contributed by atoms with Gasteiger partial charge in [-0.3, -0.25) is 0 Å². The summed E-state index contributed by atoms with van der Waals surface area (Å²) < 4.78 is 0. The third-order valence-electron chi connectivity index (χ3n) is 2.22. The van der Waals surface area contributed by atoms with E-state index in [1.807, 2.05) is 48.4 Å². The summed E-state index contributed by atoms with van der Waals surface area (Å²) in [7, 11) is 1.96. The number of aliphatic hydroxyl groups is 1. The SMILES string of the molecule is CN(CCO)c1ccc(C=CCN)cc1. The summed E-state index contributed by atoms with van der Waals surface area (Å²) in [5, 5.41) is 8.80. The second kappa shape index (κ2) is 6.22. The van der Waals surface area contributed by atoms with Crippen LogP contribution in [0.15, 0.2) is 30.3 Å². The second-order valence-corrected chi connectivity index (χ2v) is 3.37. The Morgan fingerprint density at radius 1 is 1.33 bits per heavy atom. The van der Waals surface area contributed by atoms with E-state index in [9.17, 15) is 0 Å². The number of likely N-dealkylation sites (N-methyl/N-ethyl adjacent to an activating group) is 1. The summed E-state index contributed by atoms with van der Waals surface area (Å²) >= 11 is 0. The summed E-state index contributed by atoms with van der Waals surface area (Å²) in [6.45, 7) is 1.38. The molecule has 1 rings (SSSR count). The van der Waals surface area contributed by atoms with Crippen molar-refractivity contribution in [3.63, 3.8) is 0 Å². The van der Waals surface area contributed by atoms with Crippen molar-refractivity contribution in [2.24, 2.45) is 5.73 Å². The normalized spacial score (nSPS) is 10.9. The van der Waals surface area contributed by atoms with Gasteiger partial charge < -0.3 is 15.7 Å². The highest BCUT2D eigenvalue weighted by Crippen LogP contribution is 2.14. The number of nitrogens with two attached hydrogens (primary N) is 1. The smallest absolute Gasteiger partial charge is 0.0606 e. The number of hydrogen-bond donors (Lipinski definition) is 2. The molecule has 0 radical (unpaired) electrons. The number of nitrogens with zero attached hydrogens (tertiary/aromatic N) is 1. The molecular weight excluding hydrogens is 188 g/mol. The third kappa shape index (κ3) is 3.73. The van der Waals surface area contributed by atoms with Crippen LogP contribution in [0.4, 0.5) is 5.69 Å². The number of anilines is 1. The van der Waals surface area contributed by atoms with Gasteiger partial charge in [-0.05, 0) is 17.7 Å². The molecule has 0 fully saturated rings. The second-order valence-electron chi connectivity index (χ2n) is 3.37. The first-order valence-corrected chi connectivity index (χ1v) is 5.06. The van der Waals surface area contributed by atoms with Gasteiger partial charge >= 0.3 is 0 Å². The molecule has 1 aromatic rings. The van der Waals surface area contributed by atoms with E-state index in [2.05, 4.69) is 0 Å². The zero-order chi connectivity index (χ0) is 11.1. The molecule has 0 saturated carbocycles. The lowest BCUT2D eigenvalue weighted by molar-refractivity contribution is 0.304. The fourth-order valence-electron chi connectivity index (χ4n) is 1.32. The maximum Gasteiger partial charge on any atom is 0.0606 e. The van der Waals surface area contributed by atoms with Crippen molar-refractivity contribution in [3.05, 3.63) is 35.9 Å². The first-order valence-electron chi connectivity index (χ1n) is 5.06. The molecule has 0 heterocycles.